The zero-order chi connectivity index (χ0) is 19.9. The summed E-state index contributed by atoms with van der Waals surface area (Å²) in [4.78, 5) is 2.30. The van der Waals surface area contributed by atoms with Crippen molar-refractivity contribution >= 4 is 49.8 Å². The predicted molar refractivity (Wildman–Crippen MR) is 126 cm³/mol. The highest BCUT2D eigenvalue weighted by Gasteiger charge is 2.19. The maximum absolute atomic E-state index is 6.40. The van der Waals surface area contributed by atoms with E-state index in [9.17, 15) is 0 Å². The average Bonchev–Trinajstić information content (AvgIpc) is 3.21. The van der Waals surface area contributed by atoms with Crippen LogP contribution in [0, 0.1) is 0 Å². The van der Waals surface area contributed by atoms with E-state index in [1.807, 2.05) is 12.1 Å². The van der Waals surface area contributed by atoms with Crippen LogP contribution in [0.1, 0.15) is 0 Å². The van der Waals surface area contributed by atoms with Gasteiger partial charge < -0.3 is 9.32 Å². The normalized spacial score (nSPS) is 11.3. The maximum atomic E-state index is 6.40. The van der Waals surface area contributed by atoms with Crippen molar-refractivity contribution in [3.05, 3.63) is 115 Å². The van der Waals surface area contributed by atoms with Gasteiger partial charge in [-0.05, 0) is 47.9 Å². The van der Waals surface area contributed by atoms with Crippen LogP contribution >= 0.6 is 0 Å². The highest BCUT2D eigenvalue weighted by molar-refractivity contribution is 6.19. The van der Waals surface area contributed by atoms with Gasteiger partial charge in [0.1, 0.15) is 11.2 Å². The van der Waals surface area contributed by atoms with Crippen molar-refractivity contribution < 1.29 is 4.42 Å². The standard InChI is InChI=1S/C28H19NO/c1-3-11-21(12-4-1)29(22-13-5-2-6-14-22)25-16-9-17-26-27(25)24-19-18-20-10-7-8-15-23(20)28(24)30-26/h1-19H. The molecule has 0 atom stereocenters. The molecule has 0 spiro atoms. The first-order chi connectivity index (χ1) is 14.9. The molecule has 0 aliphatic heterocycles. The molecule has 0 fully saturated rings. The van der Waals surface area contributed by atoms with Gasteiger partial charge in [-0.1, -0.05) is 72.8 Å². The molecule has 1 aromatic heterocycles. The van der Waals surface area contributed by atoms with E-state index in [4.69, 9.17) is 4.42 Å². The van der Waals surface area contributed by atoms with Gasteiger partial charge in [-0.15, -0.1) is 0 Å². The minimum atomic E-state index is 0.899. The minimum absolute atomic E-state index is 0.899. The van der Waals surface area contributed by atoms with Crippen molar-refractivity contribution in [3.8, 4) is 0 Å². The van der Waals surface area contributed by atoms with E-state index in [-0.39, 0.29) is 0 Å². The van der Waals surface area contributed by atoms with Gasteiger partial charge in [0.25, 0.3) is 0 Å². The molecule has 6 aromatic rings. The van der Waals surface area contributed by atoms with Gasteiger partial charge >= 0.3 is 0 Å². The van der Waals surface area contributed by atoms with Crippen molar-refractivity contribution in [2.24, 2.45) is 0 Å². The lowest BCUT2D eigenvalue weighted by atomic mass is 10.0. The summed E-state index contributed by atoms with van der Waals surface area (Å²) in [7, 11) is 0. The third-order valence-electron chi connectivity index (χ3n) is 5.63. The van der Waals surface area contributed by atoms with Gasteiger partial charge in [0, 0.05) is 22.1 Å². The Balaban J connectivity index is 1.71. The molecule has 2 heteroatoms. The van der Waals surface area contributed by atoms with Crippen molar-refractivity contribution in [2.75, 3.05) is 4.90 Å². The SMILES string of the molecule is c1ccc(N(c2ccccc2)c2cccc3oc4c5ccccc5ccc4c23)cc1. The van der Waals surface area contributed by atoms with Crippen LogP contribution in [0.4, 0.5) is 17.1 Å². The van der Waals surface area contributed by atoms with Crippen molar-refractivity contribution in [1.82, 2.24) is 0 Å². The van der Waals surface area contributed by atoms with Crippen molar-refractivity contribution in [3.63, 3.8) is 0 Å². The minimum Gasteiger partial charge on any atom is -0.455 e. The predicted octanol–water partition coefficient (Wildman–Crippen LogP) is 8.21. The maximum Gasteiger partial charge on any atom is 0.143 e. The van der Waals surface area contributed by atoms with Crippen LogP contribution in [-0.4, -0.2) is 0 Å². The first kappa shape index (κ1) is 16.9. The Morgan fingerprint density at radius 1 is 0.500 bits per heavy atom. The second kappa shape index (κ2) is 6.78. The average molecular weight is 385 g/mol. The number of benzene rings is 5. The number of rotatable bonds is 3. The third kappa shape index (κ3) is 2.58. The number of furan rings is 1. The highest BCUT2D eigenvalue weighted by atomic mass is 16.3. The largest absolute Gasteiger partial charge is 0.455 e. The van der Waals surface area contributed by atoms with E-state index in [0.29, 0.717) is 0 Å². The monoisotopic (exact) mass is 385 g/mol. The molecule has 0 amide bonds. The van der Waals surface area contributed by atoms with Crippen LogP contribution in [0.5, 0.6) is 0 Å². The molecule has 142 valence electrons. The Morgan fingerprint density at radius 3 is 1.90 bits per heavy atom. The molecule has 1 heterocycles. The molecule has 30 heavy (non-hydrogen) atoms. The molecule has 5 aromatic carbocycles. The van der Waals surface area contributed by atoms with E-state index in [1.165, 1.54) is 5.39 Å². The number of para-hydroxylation sites is 2. The topological polar surface area (TPSA) is 16.4 Å². The van der Waals surface area contributed by atoms with Gasteiger partial charge in [-0.3, -0.25) is 0 Å². The fourth-order valence-electron chi connectivity index (χ4n) is 4.30. The van der Waals surface area contributed by atoms with Crippen LogP contribution in [0.15, 0.2) is 120 Å². The Bertz CT molecular complexity index is 1440. The summed E-state index contributed by atoms with van der Waals surface area (Å²) in [6, 6.07) is 40.0. The van der Waals surface area contributed by atoms with E-state index < -0.39 is 0 Å². The number of anilines is 3. The fraction of sp³-hybridized carbons (Fsp3) is 0. The lowest BCUT2D eigenvalue weighted by Gasteiger charge is -2.26. The first-order valence-electron chi connectivity index (χ1n) is 10.1. The zero-order valence-corrected chi connectivity index (χ0v) is 16.3. The van der Waals surface area contributed by atoms with Gasteiger partial charge in [0.15, 0.2) is 0 Å². The lowest BCUT2D eigenvalue weighted by molar-refractivity contribution is 0.672. The summed E-state index contributed by atoms with van der Waals surface area (Å²) in [6.07, 6.45) is 0. The highest BCUT2D eigenvalue weighted by Crippen LogP contribution is 2.43. The van der Waals surface area contributed by atoms with E-state index in [0.717, 1.165) is 44.4 Å². The number of hydrogen-bond donors (Lipinski definition) is 0. The Morgan fingerprint density at radius 2 is 1.17 bits per heavy atom. The second-order valence-electron chi connectivity index (χ2n) is 7.42. The van der Waals surface area contributed by atoms with Crippen LogP contribution in [-0.2, 0) is 0 Å². The third-order valence-corrected chi connectivity index (χ3v) is 5.63. The molecular weight excluding hydrogens is 366 g/mol. The summed E-state index contributed by atoms with van der Waals surface area (Å²) < 4.78 is 6.40. The van der Waals surface area contributed by atoms with Gasteiger partial charge in [-0.2, -0.15) is 0 Å². The van der Waals surface area contributed by atoms with Gasteiger partial charge in [0.2, 0.25) is 0 Å². The Kier molecular flexibility index (Phi) is 3.82. The summed E-state index contributed by atoms with van der Waals surface area (Å²) in [5.41, 5.74) is 5.18. The molecule has 6 rings (SSSR count). The molecule has 0 saturated heterocycles. The summed E-state index contributed by atoms with van der Waals surface area (Å²) >= 11 is 0. The molecule has 0 radical (unpaired) electrons. The summed E-state index contributed by atoms with van der Waals surface area (Å²) in [5, 5.41) is 4.60. The molecule has 0 aliphatic rings. The zero-order valence-electron chi connectivity index (χ0n) is 16.3. The molecule has 0 bridgehead atoms. The molecule has 0 aliphatic carbocycles. The first-order valence-corrected chi connectivity index (χ1v) is 10.1. The molecular formula is C28H19NO. The Hall–Kier alpha value is -4.04. The van der Waals surface area contributed by atoms with Gasteiger partial charge in [0.05, 0.1) is 11.1 Å². The number of nitrogens with zero attached hydrogens (tertiary/aromatic N) is 1. The van der Waals surface area contributed by atoms with Gasteiger partial charge in [-0.25, -0.2) is 0 Å². The molecule has 0 N–H and O–H groups in total. The number of fused-ring (bicyclic) bond motifs is 5. The van der Waals surface area contributed by atoms with Crippen molar-refractivity contribution in [2.45, 2.75) is 0 Å². The molecule has 0 saturated carbocycles. The van der Waals surface area contributed by atoms with Crippen LogP contribution in [0.25, 0.3) is 32.7 Å². The quantitative estimate of drug-likeness (QED) is 0.305. The van der Waals surface area contributed by atoms with E-state index >= 15 is 0 Å². The van der Waals surface area contributed by atoms with Crippen LogP contribution < -0.4 is 4.90 Å². The Labute approximate surface area is 174 Å². The van der Waals surface area contributed by atoms with Crippen LogP contribution in [0.2, 0.25) is 0 Å². The van der Waals surface area contributed by atoms with E-state index in [1.54, 1.807) is 0 Å². The van der Waals surface area contributed by atoms with E-state index in [2.05, 4.69) is 108 Å². The number of hydrogen-bond acceptors (Lipinski definition) is 2. The molecule has 0 unspecified atom stereocenters. The van der Waals surface area contributed by atoms with Crippen LogP contribution in [0.3, 0.4) is 0 Å². The van der Waals surface area contributed by atoms with Crippen molar-refractivity contribution in [1.29, 1.82) is 0 Å². The summed E-state index contributed by atoms with van der Waals surface area (Å²) in [5.74, 6) is 0. The summed E-state index contributed by atoms with van der Waals surface area (Å²) in [6.45, 7) is 0. The lowest BCUT2D eigenvalue weighted by Crippen LogP contribution is -2.09. The second-order valence-corrected chi connectivity index (χ2v) is 7.42. The smallest absolute Gasteiger partial charge is 0.143 e. The molecule has 2 nitrogen and oxygen atoms in total. The fourth-order valence-corrected chi connectivity index (χ4v) is 4.30.